The van der Waals surface area contributed by atoms with Crippen molar-refractivity contribution >= 4 is 28.6 Å². The number of benzene rings is 1. The van der Waals surface area contributed by atoms with E-state index >= 15 is 0 Å². The smallest absolute Gasteiger partial charge is 0.339 e. The molecule has 0 aliphatic rings. The summed E-state index contributed by atoms with van der Waals surface area (Å²) in [7, 11) is 1.77. The van der Waals surface area contributed by atoms with E-state index in [0.717, 1.165) is 0 Å². The minimum atomic E-state index is -0.977. The standard InChI is InChI=1S/C21H24N4O4/c1-6-28-16-9-7-15(8-10-16)23-20(26)14(4)29-21(27)17-11-12(2)22-19-18(17)13(3)24-25(19)5/h7-11,14H,6H2,1-5H3,(H,23,26). The van der Waals surface area contributed by atoms with Crippen LogP contribution < -0.4 is 10.1 Å². The van der Waals surface area contributed by atoms with Crippen LogP contribution in [-0.4, -0.2) is 39.4 Å². The maximum atomic E-state index is 12.8. The predicted molar refractivity (Wildman–Crippen MR) is 109 cm³/mol. The molecule has 3 rings (SSSR count). The van der Waals surface area contributed by atoms with Crippen LogP contribution in [0, 0.1) is 13.8 Å². The highest BCUT2D eigenvalue weighted by Gasteiger charge is 2.23. The molecule has 0 fully saturated rings. The molecule has 3 aromatic rings. The molecule has 0 bridgehead atoms. The number of nitrogens with one attached hydrogen (secondary N) is 1. The maximum Gasteiger partial charge on any atom is 0.339 e. The molecule has 1 N–H and O–H groups in total. The molecule has 2 heterocycles. The largest absolute Gasteiger partial charge is 0.494 e. The highest BCUT2D eigenvalue weighted by atomic mass is 16.5. The van der Waals surface area contributed by atoms with E-state index in [-0.39, 0.29) is 0 Å². The fourth-order valence-electron chi connectivity index (χ4n) is 3.05. The van der Waals surface area contributed by atoms with Crippen LogP contribution in [0.15, 0.2) is 30.3 Å². The number of hydrogen-bond donors (Lipinski definition) is 1. The number of carbonyl (C=O) groups excluding carboxylic acids is 2. The second-order valence-corrected chi connectivity index (χ2v) is 6.71. The summed E-state index contributed by atoms with van der Waals surface area (Å²) in [6.07, 6.45) is -0.977. The van der Waals surface area contributed by atoms with Crippen LogP contribution in [0.3, 0.4) is 0 Å². The number of pyridine rings is 1. The number of fused-ring (bicyclic) bond motifs is 1. The molecule has 8 heteroatoms. The molecule has 1 unspecified atom stereocenters. The molecule has 2 aromatic heterocycles. The molecule has 8 nitrogen and oxygen atoms in total. The fourth-order valence-corrected chi connectivity index (χ4v) is 3.05. The number of aryl methyl sites for hydroxylation is 3. The first kappa shape index (κ1) is 20.3. The summed E-state index contributed by atoms with van der Waals surface area (Å²) in [5, 5.41) is 7.68. The van der Waals surface area contributed by atoms with Gasteiger partial charge in [0.1, 0.15) is 5.75 Å². The van der Waals surface area contributed by atoms with Crippen molar-refractivity contribution in [3.63, 3.8) is 0 Å². The van der Waals surface area contributed by atoms with E-state index in [4.69, 9.17) is 9.47 Å². The Morgan fingerprint density at radius 3 is 2.55 bits per heavy atom. The van der Waals surface area contributed by atoms with Gasteiger partial charge in [-0.1, -0.05) is 0 Å². The number of amides is 1. The van der Waals surface area contributed by atoms with Crippen molar-refractivity contribution in [1.82, 2.24) is 14.8 Å². The number of anilines is 1. The first-order valence-electron chi connectivity index (χ1n) is 9.35. The minimum absolute atomic E-state index is 0.346. The molecule has 0 saturated heterocycles. The van der Waals surface area contributed by atoms with Crippen LogP contribution in [0.25, 0.3) is 11.0 Å². The zero-order valence-corrected chi connectivity index (χ0v) is 17.1. The number of aromatic nitrogens is 3. The first-order valence-corrected chi connectivity index (χ1v) is 9.35. The molecule has 152 valence electrons. The van der Waals surface area contributed by atoms with Crippen molar-refractivity contribution in [1.29, 1.82) is 0 Å². The van der Waals surface area contributed by atoms with Gasteiger partial charge in [-0.2, -0.15) is 5.10 Å². The quantitative estimate of drug-likeness (QED) is 0.643. The molecule has 1 amide bonds. The number of hydrogen-bond acceptors (Lipinski definition) is 6. The Balaban J connectivity index is 1.73. The van der Waals surface area contributed by atoms with Crippen LogP contribution in [0.1, 0.15) is 35.6 Å². The molecule has 0 radical (unpaired) electrons. The number of esters is 1. The number of ether oxygens (including phenoxy) is 2. The van der Waals surface area contributed by atoms with Gasteiger partial charge < -0.3 is 14.8 Å². The van der Waals surface area contributed by atoms with Crippen LogP contribution in [0.5, 0.6) is 5.75 Å². The van der Waals surface area contributed by atoms with Crippen molar-refractivity contribution in [2.45, 2.75) is 33.8 Å². The normalized spacial score (nSPS) is 11.9. The Bertz CT molecular complexity index is 1060. The second kappa shape index (κ2) is 8.30. The highest BCUT2D eigenvalue weighted by Crippen LogP contribution is 2.23. The van der Waals surface area contributed by atoms with Gasteiger partial charge in [0.2, 0.25) is 0 Å². The zero-order chi connectivity index (χ0) is 21.1. The summed E-state index contributed by atoms with van der Waals surface area (Å²) in [4.78, 5) is 29.6. The summed E-state index contributed by atoms with van der Waals surface area (Å²) >= 11 is 0. The van der Waals surface area contributed by atoms with Gasteiger partial charge in [0.25, 0.3) is 5.91 Å². The number of carbonyl (C=O) groups is 2. The second-order valence-electron chi connectivity index (χ2n) is 6.71. The molecule has 0 aliphatic carbocycles. The molecular formula is C21H24N4O4. The lowest BCUT2D eigenvalue weighted by atomic mass is 10.1. The Hall–Kier alpha value is -3.42. The molecule has 0 aliphatic heterocycles. The summed E-state index contributed by atoms with van der Waals surface area (Å²) in [5.74, 6) is -0.299. The Kier molecular flexibility index (Phi) is 5.81. The van der Waals surface area contributed by atoms with E-state index in [1.54, 1.807) is 55.9 Å². The predicted octanol–water partition coefficient (Wildman–Crippen LogP) is 3.17. The van der Waals surface area contributed by atoms with Crippen LogP contribution >= 0.6 is 0 Å². The zero-order valence-electron chi connectivity index (χ0n) is 17.1. The van der Waals surface area contributed by atoms with Crippen LogP contribution in [0.4, 0.5) is 5.69 Å². The van der Waals surface area contributed by atoms with E-state index in [9.17, 15) is 9.59 Å². The summed E-state index contributed by atoms with van der Waals surface area (Å²) in [6.45, 7) is 7.59. The lowest BCUT2D eigenvalue weighted by Crippen LogP contribution is -2.30. The Morgan fingerprint density at radius 2 is 1.90 bits per heavy atom. The average Bonchev–Trinajstić information content (AvgIpc) is 2.96. The van der Waals surface area contributed by atoms with Crippen LogP contribution in [0.2, 0.25) is 0 Å². The molecular weight excluding hydrogens is 372 g/mol. The van der Waals surface area contributed by atoms with E-state index in [1.165, 1.54) is 6.92 Å². The SMILES string of the molecule is CCOc1ccc(NC(=O)C(C)OC(=O)c2cc(C)nc3c2c(C)nn3C)cc1. The van der Waals surface area contributed by atoms with Crippen molar-refractivity contribution < 1.29 is 19.1 Å². The van der Waals surface area contributed by atoms with Crippen molar-refractivity contribution in [2.24, 2.45) is 7.05 Å². The number of rotatable bonds is 6. The van der Waals surface area contributed by atoms with Gasteiger partial charge in [-0.3, -0.25) is 9.48 Å². The van der Waals surface area contributed by atoms with Gasteiger partial charge in [-0.25, -0.2) is 9.78 Å². The highest BCUT2D eigenvalue weighted by molar-refractivity contribution is 6.05. The summed E-state index contributed by atoms with van der Waals surface area (Å²) in [5.41, 5.74) is 2.87. The van der Waals surface area contributed by atoms with E-state index in [0.29, 0.717) is 46.0 Å². The average molecular weight is 396 g/mol. The molecule has 29 heavy (non-hydrogen) atoms. The van der Waals surface area contributed by atoms with Crippen molar-refractivity contribution in [3.05, 3.63) is 47.3 Å². The van der Waals surface area contributed by atoms with Crippen LogP contribution in [-0.2, 0) is 16.6 Å². The van der Waals surface area contributed by atoms with Gasteiger partial charge in [0, 0.05) is 18.4 Å². The van der Waals surface area contributed by atoms with E-state index < -0.39 is 18.0 Å². The van der Waals surface area contributed by atoms with E-state index in [1.807, 2.05) is 6.92 Å². The third-order valence-corrected chi connectivity index (χ3v) is 4.40. The monoisotopic (exact) mass is 396 g/mol. The van der Waals surface area contributed by atoms with Gasteiger partial charge in [-0.05, 0) is 58.0 Å². The lowest BCUT2D eigenvalue weighted by Gasteiger charge is -2.14. The lowest BCUT2D eigenvalue weighted by molar-refractivity contribution is -0.123. The first-order chi connectivity index (χ1) is 13.8. The van der Waals surface area contributed by atoms with Crippen molar-refractivity contribution in [2.75, 3.05) is 11.9 Å². The Labute approximate surface area is 168 Å². The van der Waals surface area contributed by atoms with Gasteiger partial charge in [0.05, 0.1) is 23.3 Å². The molecule has 0 saturated carbocycles. The topological polar surface area (TPSA) is 95.3 Å². The van der Waals surface area contributed by atoms with Gasteiger partial charge in [-0.15, -0.1) is 0 Å². The Morgan fingerprint density at radius 1 is 1.21 bits per heavy atom. The van der Waals surface area contributed by atoms with Crippen molar-refractivity contribution in [3.8, 4) is 5.75 Å². The molecule has 1 aromatic carbocycles. The fraction of sp³-hybridized carbons (Fsp3) is 0.333. The van der Waals surface area contributed by atoms with Gasteiger partial charge in [0.15, 0.2) is 11.8 Å². The molecule has 1 atom stereocenters. The number of nitrogens with zero attached hydrogens (tertiary/aromatic N) is 3. The third kappa shape index (κ3) is 4.37. The van der Waals surface area contributed by atoms with Gasteiger partial charge >= 0.3 is 5.97 Å². The summed E-state index contributed by atoms with van der Waals surface area (Å²) in [6, 6.07) is 8.63. The minimum Gasteiger partial charge on any atom is -0.494 e. The van der Waals surface area contributed by atoms with E-state index in [2.05, 4.69) is 15.4 Å². The maximum absolute atomic E-state index is 12.8. The molecule has 0 spiro atoms. The third-order valence-electron chi connectivity index (χ3n) is 4.40. The summed E-state index contributed by atoms with van der Waals surface area (Å²) < 4.78 is 12.4.